The third-order valence-corrected chi connectivity index (χ3v) is 3.56. The van der Waals surface area contributed by atoms with E-state index in [2.05, 4.69) is 18.0 Å². The molecule has 19 heavy (non-hydrogen) atoms. The number of hydrogen-bond acceptors (Lipinski definition) is 2. The molecule has 0 saturated heterocycles. The first-order valence-corrected chi connectivity index (χ1v) is 7.04. The largest absolute Gasteiger partial charge is 0.294 e. The van der Waals surface area contributed by atoms with Crippen molar-refractivity contribution in [2.75, 3.05) is 0 Å². The minimum Gasteiger partial charge on any atom is -0.294 e. The van der Waals surface area contributed by atoms with Gasteiger partial charge in [0.1, 0.15) is 0 Å². The van der Waals surface area contributed by atoms with Gasteiger partial charge in [0.2, 0.25) is 0 Å². The highest BCUT2D eigenvalue weighted by Crippen LogP contribution is 2.25. The van der Waals surface area contributed by atoms with E-state index in [4.69, 9.17) is 0 Å². The van der Waals surface area contributed by atoms with Gasteiger partial charge in [-0.15, -0.1) is 0 Å². The molecule has 0 radical (unpaired) electrons. The molecule has 0 aliphatic rings. The summed E-state index contributed by atoms with van der Waals surface area (Å²) in [6.07, 6.45) is 4.49. The lowest BCUT2D eigenvalue weighted by Gasteiger charge is -2.13. The van der Waals surface area contributed by atoms with Crippen molar-refractivity contribution < 1.29 is 4.79 Å². The second kappa shape index (κ2) is 5.96. The number of carbonyl (C=O) groups is 1. The molecular formula is C17H21NO. The van der Waals surface area contributed by atoms with E-state index in [0.29, 0.717) is 0 Å². The molecule has 1 heterocycles. The summed E-state index contributed by atoms with van der Waals surface area (Å²) < 4.78 is 0. The van der Waals surface area contributed by atoms with Crippen LogP contribution in [0.2, 0.25) is 0 Å². The van der Waals surface area contributed by atoms with E-state index >= 15 is 0 Å². The normalized spacial score (nSPS) is 10.9. The lowest BCUT2D eigenvalue weighted by Crippen LogP contribution is -2.06. The summed E-state index contributed by atoms with van der Waals surface area (Å²) >= 11 is 0. The lowest BCUT2D eigenvalue weighted by molar-refractivity contribution is 0.101. The molecule has 1 aromatic carbocycles. The first-order chi connectivity index (χ1) is 9.15. The fourth-order valence-electron chi connectivity index (χ4n) is 2.69. The van der Waals surface area contributed by atoms with Crippen molar-refractivity contribution in [3.63, 3.8) is 0 Å². The zero-order valence-electron chi connectivity index (χ0n) is 12.0. The monoisotopic (exact) mass is 255 g/mol. The van der Waals surface area contributed by atoms with Crippen LogP contribution in [0.4, 0.5) is 0 Å². The minimum atomic E-state index is 0.127. The molecule has 0 aliphatic carbocycles. The number of benzene rings is 1. The molecule has 2 heteroatoms. The highest BCUT2D eigenvalue weighted by atomic mass is 16.1. The number of rotatable bonds is 5. The molecule has 2 aromatic rings. The molecule has 0 saturated carbocycles. The standard InChI is InChI=1S/C17H21NO/c1-4-5-6-10-15-14-9-7-8-11-16(14)18-12(2)17(15)13(3)19/h7-9,11H,4-6,10H2,1-3H3. The van der Waals surface area contributed by atoms with Crippen molar-refractivity contribution in [3.8, 4) is 0 Å². The summed E-state index contributed by atoms with van der Waals surface area (Å²) in [7, 11) is 0. The molecule has 0 fully saturated rings. The molecule has 0 aliphatic heterocycles. The Hall–Kier alpha value is -1.70. The van der Waals surface area contributed by atoms with E-state index < -0.39 is 0 Å². The number of para-hydroxylation sites is 1. The number of pyridine rings is 1. The van der Waals surface area contributed by atoms with Gasteiger partial charge in [-0.25, -0.2) is 0 Å². The van der Waals surface area contributed by atoms with Crippen molar-refractivity contribution in [1.82, 2.24) is 4.98 Å². The summed E-state index contributed by atoms with van der Waals surface area (Å²) in [5, 5.41) is 1.13. The van der Waals surface area contributed by atoms with Crippen LogP contribution >= 0.6 is 0 Å². The van der Waals surface area contributed by atoms with E-state index in [1.54, 1.807) is 6.92 Å². The highest BCUT2D eigenvalue weighted by Gasteiger charge is 2.15. The van der Waals surface area contributed by atoms with E-state index in [-0.39, 0.29) is 5.78 Å². The van der Waals surface area contributed by atoms with Gasteiger partial charge in [0.15, 0.2) is 5.78 Å². The number of hydrogen-bond donors (Lipinski definition) is 0. The van der Waals surface area contributed by atoms with Crippen LogP contribution < -0.4 is 0 Å². The maximum atomic E-state index is 11.9. The molecule has 0 N–H and O–H groups in total. The van der Waals surface area contributed by atoms with Crippen LogP contribution in [0, 0.1) is 6.92 Å². The topological polar surface area (TPSA) is 30.0 Å². The molecule has 1 aromatic heterocycles. The lowest BCUT2D eigenvalue weighted by atomic mass is 9.94. The van der Waals surface area contributed by atoms with Crippen molar-refractivity contribution in [2.24, 2.45) is 0 Å². The Morgan fingerprint density at radius 3 is 2.63 bits per heavy atom. The van der Waals surface area contributed by atoms with Crippen LogP contribution in [0.1, 0.15) is 54.7 Å². The van der Waals surface area contributed by atoms with Crippen molar-refractivity contribution in [1.29, 1.82) is 0 Å². The number of unbranched alkanes of at least 4 members (excludes halogenated alkanes) is 2. The third kappa shape index (κ3) is 2.83. The molecule has 0 spiro atoms. The molecule has 2 rings (SSSR count). The quantitative estimate of drug-likeness (QED) is 0.582. The number of Topliss-reactive ketones (excluding diaryl/α,β-unsaturated/α-hetero) is 1. The zero-order chi connectivity index (χ0) is 13.8. The Labute approximate surface area is 114 Å². The van der Waals surface area contributed by atoms with Crippen LogP contribution in [-0.4, -0.2) is 10.8 Å². The Morgan fingerprint density at radius 2 is 1.95 bits per heavy atom. The molecule has 0 amide bonds. The van der Waals surface area contributed by atoms with Gasteiger partial charge in [0.25, 0.3) is 0 Å². The predicted molar refractivity (Wildman–Crippen MR) is 79.7 cm³/mol. The average Bonchev–Trinajstić information content (AvgIpc) is 2.38. The van der Waals surface area contributed by atoms with Gasteiger partial charge in [0, 0.05) is 16.6 Å². The van der Waals surface area contributed by atoms with Crippen molar-refractivity contribution in [3.05, 3.63) is 41.1 Å². The summed E-state index contributed by atoms with van der Waals surface area (Å²) in [6.45, 7) is 5.77. The number of aromatic nitrogens is 1. The van der Waals surface area contributed by atoms with Crippen molar-refractivity contribution >= 4 is 16.7 Å². The Morgan fingerprint density at radius 1 is 1.21 bits per heavy atom. The molecular weight excluding hydrogens is 234 g/mol. The Balaban J connectivity index is 2.59. The number of ketones is 1. The predicted octanol–water partition coefficient (Wildman–Crippen LogP) is 4.48. The molecule has 2 nitrogen and oxygen atoms in total. The SMILES string of the molecule is CCCCCc1c(C(C)=O)c(C)nc2ccccc12. The molecule has 0 unspecified atom stereocenters. The maximum absolute atomic E-state index is 11.9. The van der Waals surface area contributed by atoms with Crippen LogP contribution in [0.15, 0.2) is 24.3 Å². The van der Waals surface area contributed by atoms with Crippen LogP contribution in [0.3, 0.4) is 0 Å². The fourth-order valence-corrected chi connectivity index (χ4v) is 2.69. The summed E-state index contributed by atoms with van der Waals surface area (Å²) in [5.74, 6) is 0.127. The number of nitrogens with zero attached hydrogens (tertiary/aromatic N) is 1. The van der Waals surface area contributed by atoms with Gasteiger partial charge >= 0.3 is 0 Å². The first kappa shape index (κ1) is 13.7. The molecule has 100 valence electrons. The summed E-state index contributed by atoms with van der Waals surface area (Å²) in [6, 6.07) is 8.12. The highest BCUT2D eigenvalue weighted by molar-refractivity contribution is 6.01. The number of fused-ring (bicyclic) bond motifs is 1. The third-order valence-electron chi connectivity index (χ3n) is 3.56. The van der Waals surface area contributed by atoms with Crippen molar-refractivity contribution in [2.45, 2.75) is 46.5 Å². The second-order valence-corrected chi connectivity index (χ2v) is 5.08. The van der Waals surface area contributed by atoms with Gasteiger partial charge < -0.3 is 0 Å². The smallest absolute Gasteiger partial charge is 0.161 e. The maximum Gasteiger partial charge on any atom is 0.161 e. The van der Waals surface area contributed by atoms with Gasteiger partial charge in [-0.1, -0.05) is 38.0 Å². The minimum absolute atomic E-state index is 0.127. The number of carbonyl (C=O) groups excluding carboxylic acids is 1. The zero-order valence-corrected chi connectivity index (χ0v) is 12.0. The van der Waals surface area contributed by atoms with Crippen LogP contribution in [0.5, 0.6) is 0 Å². The van der Waals surface area contributed by atoms with Gasteiger partial charge in [-0.2, -0.15) is 0 Å². The van der Waals surface area contributed by atoms with E-state index in [1.807, 2.05) is 25.1 Å². The number of aryl methyl sites for hydroxylation is 2. The van der Waals surface area contributed by atoms with E-state index in [9.17, 15) is 4.79 Å². The van der Waals surface area contributed by atoms with Gasteiger partial charge in [-0.05, 0) is 38.3 Å². The van der Waals surface area contributed by atoms with Crippen LogP contribution in [-0.2, 0) is 6.42 Å². The average molecular weight is 255 g/mol. The molecule has 0 bridgehead atoms. The summed E-state index contributed by atoms with van der Waals surface area (Å²) in [4.78, 5) is 16.5. The van der Waals surface area contributed by atoms with Crippen LogP contribution in [0.25, 0.3) is 10.9 Å². The van der Waals surface area contributed by atoms with Gasteiger partial charge in [-0.3, -0.25) is 9.78 Å². The second-order valence-electron chi connectivity index (χ2n) is 5.08. The fraction of sp³-hybridized carbons (Fsp3) is 0.412. The Kier molecular flexibility index (Phi) is 4.31. The Bertz CT molecular complexity index is 601. The van der Waals surface area contributed by atoms with E-state index in [0.717, 1.165) is 35.0 Å². The molecule has 0 atom stereocenters. The van der Waals surface area contributed by atoms with Gasteiger partial charge in [0.05, 0.1) is 5.52 Å². The van der Waals surface area contributed by atoms with E-state index in [1.165, 1.54) is 18.4 Å². The first-order valence-electron chi connectivity index (χ1n) is 7.04. The summed E-state index contributed by atoms with van der Waals surface area (Å²) in [5.41, 5.74) is 3.87.